The van der Waals surface area contributed by atoms with Gasteiger partial charge >= 0.3 is 0 Å². The van der Waals surface area contributed by atoms with Crippen LogP contribution in [0.15, 0.2) is 18.3 Å². The van der Waals surface area contributed by atoms with Crippen LogP contribution < -0.4 is 16.4 Å². The number of anilines is 2. The Morgan fingerprint density at radius 2 is 2.11 bits per heavy atom. The van der Waals surface area contributed by atoms with Crippen LogP contribution in [0.1, 0.15) is 20.8 Å². The molecule has 5 N–H and O–H groups in total. The number of aromatic nitrogens is 2. The van der Waals surface area contributed by atoms with Gasteiger partial charge in [-0.2, -0.15) is 5.10 Å². The molecule has 0 fully saturated rings. The van der Waals surface area contributed by atoms with Crippen LogP contribution in [-0.4, -0.2) is 28.2 Å². The quantitative estimate of drug-likeness (QED) is 0.627. The molecule has 1 amide bonds. The Morgan fingerprint density at radius 1 is 1.37 bits per heavy atom. The van der Waals surface area contributed by atoms with E-state index >= 15 is 0 Å². The van der Waals surface area contributed by atoms with Crippen molar-refractivity contribution in [2.45, 2.75) is 32.9 Å². The van der Waals surface area contributed by atoms with Gasteiger partial charge in [-0.25, -0.2) is 0 Å². The van der Waals surface area contributed by atoms with E-state index < -0.39 is 0 Å². The molecule has 0 spiro atoms. The molecule has 1 atom stereocenters. The van der Waals surface area contributed by atoms with Crippen LogP contribution in [0.5, 0.6) is 0 Å². The van der Waals surface area contributed by atoms with E-state index in [1.165, 1.54) is 0 Å². The largest absolute Gasteiger partial charge is 0.397 e. The van der Waals surface area contributed by atoms with E-state index in [0.29, 0.717) is 5.69 Å². The summed E-state index contributed by atoms with van der Waals surface area (Å²) in [6.07, 6.45) is 1.71. The zero-order valence-electron chi connectivity index (χ0n) is 11.3. The molecule has 1 unspecified atom stereocenters. The third kappa shape index (κ3) is 2.96. The predicted molar refractivity (Wildman–Crippen MR) is 76.9 cm³/mol. The molecule has 1 heterocycles. The van der Waals surface area contributed by atoms with Crippen molar-refractivity contribution < 1.29 is 4.79 Å². The Labute approximate surface area is 111 Å². The van der Waals surface area contributed by atoms with Gasteiger partial charge in [0.2, 0.25) is 5.91 Å². The zero-order chi connectivity index (χ0) is 14.0. The average molecular weight is 261 g/mol. The van der Waals surface area contributed by atoms with Crippen molar-refractivity contribution in [1.82, 2.24) is 15.5 Å². The molecule has 19 heavy (non-hydrogen) atoms. The van der Waals surface area contributed by atoms with E-state index in [9.17, 15) is 4.79 Å². The van der Waals surface area contributed by atoms with Crippen LogP contribution in [0.4, 0.5) is 11.4 Å². The number of nitrogens with two attached hydrogens (primary N) is 1. The minimum absolute atomic E-state index is 0.0564. The molecule has 0 aliphatic carbocycles. The Hall–Kier alpha value is -2.24. The van der Waals surface area contributed by atoms with Crippen LogP contribution >= 0.6 is 0 Å². The number of nitrogen functional groups attached to an aromatic ring is 1. The van der Waals surface area contributed by atoms with Crippen LogP contribution in [0.25, 0.3) is 10.9 Å². The van der Waals surface area contributed by atoms with Crippen molar-refractivity contribution in [1.29, 1.82) is 0 Å². The van der Waals surface area contributed by atoms with Gasteiger partial charge in [-0.1, -0.05) is 0 Å². The minimum Gasteiger partial charge on any atom is -0.397 e. The molecule has 0 aliphatic rings. The smallest absolute Gasteiger partial charge is 0.242 e. The molecule has 2 rings (SSSR count). The maximum absolute atomic E-state index is 11.8. The van der Waals surface area contributed by atoms with Gasteiger partial charge in [0.15, 0.2) is 0 Å². The first kappa shape index (κ1) is 13.2. The summed E-state index contributed by atoms with van der Waals surface area (Å²) in [5.74, 6) is -0.0564. The van der Waals surface area contributed by atoms with Crippen molar-refractivity contribution in [3.63, 3.8) is 0 Å². The van der Waals surface area contributed by atoms with Gasteiger partial charge in [0.25, 0.3) is 0 Å². The van der Waals surface area contributed by atoms with Gasteiger partial charge < -0.3 is 16.4 Å². The summed E-state index contributed by atoms with van der Waals surface area (Å²) in [6, 6.07) is 3.44. The Bertz CT molecular complexity index is 590. The SMILES string of the molecule is CC(C)NC(=O)C(C)Nc1cc2[nH]ncc2cc1N. The summed E-state index contributed by atoms with van der Waals surface area (Å²) in [7, 11) is 0. The van der Waals surface area contributed by atoms with Crippen LogP contribution in [0.2, 0.25) is 0 Å². The highest BCUT2D eigenvalue weighted by molar-refractivity contribution is 5.91. The molecule has 0 saturated heterocycles. The highest BCUT2D eigenvalue weighted by atomic mass is 16.2. The van der Waals surface area contributed by atoms with Crippen molar-refractivity contribution in [3.05, 3.63) is 18.3 Å². The Kier molecular flexibility index (Phi) is 3.59. The highest BCUT2D eigenvalue weighted by Crippen LogP contribution is 2.25. The predicted octanol–water partition coefficient (Wildman–Crippen LogP) is 1.47. The lowest BCUT2D eigenvalue weighted by atomic mass is 10.2. The molecule has 1 aromatic carbocycles. The zero-order valence-corrected chi connectivity index (χ0v) is 11.3. The summed E-state index contributed by atoms with van der Waals surface area (Å²) < 4.78 is 0. The van der Waals surface area contributed by atoms with Gasteiger partial charge in [0, 0.05) is 11.4 Å². The van der Waals surface area contributed by atoms with E-state index in [1.807, 2.05) is 26.0 Å². The monoisotopic (exact) mass is 261 g/mol. The average Bonchev–Trinajstić information content (AvgIpc) is 2.75. The number of carbonyl (C=O) groups excluding carboxylic acids is 1. The molecular formula is C13H19N5O. The lowest BCUT2D eigenvalue weighted by molar-refractivity contribution is -0.122. The second-order valence-corrected chi connectivity index (χ2v) is 4.93. The number of aromatic amines is 1. The lowest BCUT2D eigenvalue weighted by Gasteiger charge is -2.18. The first-order valence-corrected chi connectivity index (χ1v) is 6.27. The second kappa shape index (κ2) is 5.17. The molecule has 0 radical (unpaired) electrons. The molecule has 2 aromatic rings. The van der Waals surface area contributed by atoms with Gasteiger partial charge in [0.1, 0.15) is 6.04 Å². The van der Waals surface area contributed by atoms with Crippen molar-refractivity contribution in [3.8, 4) is 0 Å². The van der Waals surface area contributed by atoms with Gasteiger partial charge in [-0.15, -0.1) is 0 Å². The Morgan fingerprint density at radius 3 is 2.79 bits per heavy atom. The summed E-state index contributed by atoms with van der Waals surface area (Å²) in [5, 5.41) is 13.7. The standard InChI is InChI=1S/C13H19N5O/c1-7(2)16-13(19)8(3)17-12-5-11-9(4-10(12)14)6-15-18-11/h4-8,17H,14H2,1-3H3,(H,15,18)(H,16,19). The van der Waals surface area contributed by atoms with Crippen LogP contribution in [0, 0.1) is 0 Å². The van der Waals surface area contributed by atoms with Gasteiger partial charge in [0.05, 0.1) is 23.1 Å². The fraction of sp³-hybridized carbons (Fsp3) is 0.385. The molecule has 0 saturated carbocycles. The second-order valence-electron chi connectivity index (χ2n) is 4.93. The fourth-order valence-electron chi connectivity index (χ4n) is 1.84. The number of carbonyl (C=O) groups is 1. The number of H-pyrrole nitrogens is 1. The number of hydrogen-bond acceptors (Lipinski definition) is 4. The number of benzene rings is 1. The molecule has 6 heteroatoms. The lowest BCUT2D eigenvalue weighted by Crippen LogP contribution is -2.41. The van der Waals surface area contributed by atoms with E-state index in [-0.39, 0.29) is 18.0 Å². The van der Waals surface area contributed by atoms with Gasteiger partial charge in [-0.3, -0.25) is 9.89 Å². The number of fused-ring (bicyclic) bond motifs is 1. The molecule has 102 valence electrons. The summed E-state index contributed by atoms with van der Waals surface area (Å²) >= 11 is 0. The maximum atomic E-state index is 11.8. The van der Waals surface area contributed by atoms with Crippen molar-refractivity contribution in [2.75, 3.05) is 11.1 Å². The van der Waals surface area contributed by atoms with Crippen molar-refractivity contribution >= 4 is 28.2 Å². The fourth-order valence-corrected chi connectivity index (χ4v) is 1.84. The number of amides is 1. The number of rotatable bonds is 4. The van der Waals surface area contributed by atoms with E-state index in [2.05, 4.69) is 20.8 Å². The van der Waals surface area contributed by atoms with Crippen molar-refractivity contribution in [2.24, 2.45) is 0 Å². The first-order valence-electron chi connectivity index (χ1n) is 6.27. The van der Waals surface area contributed by atoms with E-state index in [0.717, 1.165) is 16.6 Å². The number of hydrogen-bond donors (Lipinski definition) is 4. The minimum atomic E-state index is -0.356. The molecular weight excluding hydrogens is 242 g/mol. The third-order valence-electron chi connectivity index (χ3n) is 2.81. The normalized spacial score (nSPS) is 12.6. The topological polar surface area (TPSA) is 95.8 Å². The maximum Gasteiger partial charge on any atom is 0.242 e. The summed E-state index contributed by atoms with van der Waals surface area (Å²) in [4.78, 5) is 11.8. The third-order valence-corrected chi connectivity index (χ3v) is 2.81. The highest BCUT2D eigenvalue weighted by Gasteiger charge is 2.15. The van der Waals surface area contributed by atoms with E-state index in [1.54, 1.807) is 13.1 Å². The molecule has 1 aromatic heterocycles. The number of nitrogens with one attached hydrogen (secondary N) is 3. The molecule has 0 bridgehead atoms. The summed E-state index contributed by atoms with van der Waals surface area (Å²) in [5.41, 5.74) is 8.16. The van der Waals surface area contributed by atoms with Gasteiger partial charge in [-0.05, 0) is 32.9 Å². The number of nitrogens with zero attached hydrogens (tertiary/aromatic N) is 1. The first-order chi connectivity index (χ1) is 8.97. The van der Waals surface area contributed by atoms with Crippen LogP contribution in [0.3, 0.4) is 0 Å². The molecule has 0 aliphatic heterocycles. The van der Waals surface area contributed by atoms with E-state index in [4.69, 9.17) is 5.73 Å². The Balaban J connectivity index is 2.16. The van der Waals surface area contributed by atoms with Crippen LogP contribution in [-0.2, 0) is 4.79 Å². The summed E-state index contributed by atoms with van der Waals surface area (Å²) in [6.45, 7) is 5.65. The molecule has 6 nitrogen and oxygen atoms in total.